The molecule has 0 aromatic heterocycles. The molecule has 0 fully saturated rings. The van der Waals surface area contributed by atoms with Crippen molar-refractivity contribution >= 4 is 23.2 Å². The smallest absolute Gasteiger partial charge is 0.416 e. The van der Waals surface area contributed by atoms with E-state index in [9.17, 15) is 22.9 Å². The fraction of sp³-hybridized carbons (Fsp3) is 0.0714. The number of nitrogens with zero attached hydrogens (tertiary/aromatic N) is 1. The summed E-state index contributed by atoms with van der Waals surface area (Å²) in [5.41, 5.74) is 3.83. The first-order valence-electron chi connectivity index (χ1n) is 6.04. The molecule has 0 aliphatic carbocycles. The lowest BCUT2D eigenvalue weighted by atomic mass is 10.1. The number of nitroso groups, excluding NO2 is 1. The zero-order valence-electron chi connectivity index (χ0n) is 11.2. The average molecular weight is 345 g/mol. The second-order valence-corrected chi connectivity index (χ2v) is 4.79. The fourth-order valence-electron chi connectivity index (χ4n) is 1.74. The van der Waals surface area contributed by atoms with Crippen molar-refractivity contribution in [1.82, 2.24) is 0 Å². The SMILES string of the molecule is NC(=O)c1cc(Oc2ccc(C(F)(F)F)cc2Cl)ccc1N=O. The van der Waals surface area contributed by atoms with Crippen molar-refractivity contribution in [3.8, 4) is 11.5 Å². The number of alkyl halides is 3. The summed E-state index contributed by atoms with van der Waals surface area (Å²) in [5, 5.41) is 2.37. The number of halogens is 4. The molecule has 5 nitrogen and oxygen atoms in total. The van der Waals surface area contributed by atoms with E-state index in [1.807, 2.05) is 0 Å². The quantitative estimate of drug-likeness (QED) is 0.820. The summed E-state index contributed by atoms with van der Waals surface area (Å²) in [6.45, 7) is 0. The van der Waals surface area contributed by atoms with E-state index >= 15 is 0 Å². The molecule has 0 bridgehead atoms. The molecule has 1 amide bonds. The third kappa shape index (κ3) is 3.78. The van der Waals surface area contributed by atoms with E-state index in [0.717, 1.165) is 18.2 Å². The number of primary amides is 1. The van der Waals surface area contributed by atoms with E-state index in [0.29, 0.717) is 6.07 Å². The van der Waals surface area contributed by atoms with Crippen LogP contribution in [0, 0.1) is 4.91 Å². The summed E-state index contributed by atoms with van der Waals surface area (Å²) in [6.07, 6.45) is -4.53. The highest BCUT2D eigenvalue weighted by Gasteiger charge is 2.31. The van der Waals surface area contributed by atoms with Gasteiger partial charge in [-0.15, -0.1) is 4.91 Å². The summed E-state index contributed by atoms with van der Waals surface area (Å²) in [6, 6.07) is 6.20. The third-order valence-electron chi connectivity index (χ3n) is 2.82. The van der Waals surface area contributed by atoms with E-state index in [1.54, 1.807) is 0 Å². The standard InChI is InChI=1S/C14H8ClF3N2O3/c15-10-5-7(14(16,17)18)1-4-12(10)23-8-2-3-11(20-22)9(6-8)13(19)21/h1-6H,(H2,19,21). The van der Waals surface area contributed by atoms with Gasteiger partial charge in [0.2, 0.25) is 0 Å². The molecule has 23 heavy (non-hydrogen) atoms. The number of hydrogen-bond acceptors (Lipinski definition) is 4. The molecule has 0 radical (unpaired) electrons. The maximum Gasteiger partial charge on any atom is 0.416 e. The molecule has 2 aromatic carbocycles. The lowest BCUT2D eigenvalue weighted by molar-refractivity contribution is -0.137. The van der Waals surface area contributed by atoms with Crippen LogP contribution in [0.3, 0.4) is 0 Å². The minimum atomic E-state index is -4.53. The van der Waals surface area contributed by atoms with Crippen LogP contribution < -0.4 is 10.5 Å². The van der Waals surface area contributed by atoms with Crippen molar-refractivity contribution in [2.75, 3.05) is 0 Å². The van der Waals surface area contributed by atoms with Gasteiger partial charge in [-0.3, -0.25) is 4.79 Å². The van der Waals surface area contributed by atoms with Crippen LogP contribution in [0.25, 0.3) is 0 Å². The maximum absolute atomic E-state index is 12.6. The Morgan fingerprint density at radius 3 is 2.39 bits per heavy atom. The largest absolute Gasteiger partial charge is 0.456 e. The second kappa shape index (κ2) is 6.25. The number of carbonyl (C=O) groups is 1. The molecule has 0 spiro atoms. The van der Waals surface area contributed by atoms with Gasteiger partial charge in [-0.1, -0.05) is 11.6 Å². The zero-order chi connectivity index (χ0) is 17.2. The molecule has 0 aliphatic heterocycles. The second-order valence-electron chi connectivity index (χ2n) is 4.38. The van der Waals surface area contributed by atoms with Gasteiger partial charge in [0, 0.05) is 0 Å². The van der Waals surface area contributed by atoms with Crippen molar-refractivity contribution in [1.29, 1.82) is 0 Å². The minimum absolute atomic E-state index is 0.0538. The van der Waals surface area contributed by atoms with Crippen LogP contribution in [0.2, 0.25) is 5.02 Å². The first kappa shape index (κ1) is 16.8. The van der Waals surface area contributed by atoms with Gasteiger partial charge < -0.3 is 10.5 Å². The van der Waals surface area contributed by atoms with E-state index < -0.39 is 17.6 Å². The first-order valence-corrected chi connectivity index (χ1v) is 6.42. The van der Waals surface area contributed by atoms with Crippen molar-refractivity contribution in [3.05, 3.63) is 57.5 Å². The van der Waals surface area contributed by atoms with Crippen molar-refractivity contribution in [3.63, 3.8) is 0 Å². The summed E-state index contributed by atoms with van der Waals surface area (Å²) >= 11 is 5.76. The lowest BCUT2D eigenvalue weighted by Gasteiger charge is -2.11. The molecule has 120 valence electrons. The van der Waals surface area contributed by atoms with Gasteiger partial charge in [0.25, 0.3) is 5.91 Å². The Morgan fingerprint density at radius 2 is 1.87 bits per heavy atom. The number of rotatable bonds is 4. The van der Waals surface area contributed by atoms with Crippen molar-refractivity contribution < 1.29 is 22.7 Å². The van der Waals surface area contributed by atoms with Crippen LogP contribution in [0.5, 0.6) is 11.5 Å². The minimum Gasteiger partial charge on any atom is -0.456 e. The third-order valence-corrected chi connectivity index (χ3v) is 3.11. The highest BCUT2D eigenvalue weighted by molar-refractivity contribution is 6.32. The molecule has 0 aliphatic rings. The van der Waals surface area contributed by atoms with Crippen LogP contribution in [-0.4, -0.2) is 5.91 Å². The predicted octanol–water partition coefficient (Wildman–Crippen LogP) is 4.65. The normalized spacial score (nSPS) is 11.1. The molecule has 0 atom stereocenters. The first-order chi connectivity index (χ1) is 10.7. The van der Waals surface area contributed by atoms with Gasteiger partial charge in [0.1, 0.15) is 17.2 Å². The van der Waals surface area contributed by atoms with Gasteiger partial charge in [0.05, 0.1) is 16.1 Å². The Bertz CT molecular complexity index is 778. The van der Waals surface area contributed by atoms with Crippen LogP contribution in [0.1, 0.15) is 15.9 Å². The molecule has 2 aromatic rings. The molecular formula is C14H8ClF3N2O3. The van der Waals surface area contributed by atoms with Gasteiger partial charge in [-0.2, -0.15) is 13.2 Å². The van der Waals surface area contributed by atoms with E-state index in [2.05, 4.69) is 5.18 Å². The van der Waals surface area contributed by atoms with Gasteiger partial charge in [0.15, 0.2) is 0 Å². The zero-order valence-corrected chi connectivity index (χ0v) is 12.0. The highest BCUT2D eigenvalue weighted by atomic mass is 35.5. The van der Waals surface area contributed by atoms with E-state index in [-0.39, 0.29) is 27.8 Å². The summed E-state index contributed by atoms with van der Waals surface area (Å²) in [7, 11) is 0. The molecule has 2 N–H and O–H groups in total. The molecule has 0 saturated carbocycles. The number of ether oxygens (including phenoxy) is 1. The Morgan fingerprint density at radius 1 is 1.17 bits per heavy atom. The van der Waals surface area contributed by atoms with Gasteiger partial charge >= 0.3 is 6.18 Å². The Balaban J connectivity index is 2.34. The van der Waals surface area contributed by atoms with Crippen molar-refractivity contribution in [2.45, 2.75) is 6.18 Å². The van der Waals surface area contributed by atoms with Gasteiger partial charge in [-0.25, -0.2) is 0 Å². The monoisotopic (exact) mass is 344 g/mol. The molecule has 0 heterocycles. The molecule has 0 saturated heterocycles. The van der Waals surface area contributed by atoms with Crippen molar-refractivity contribution in [2.24, 2.45) is 10.9 Å². The highest BCUT2D eigenvalue weighted by Crippen LogP contribution is 2.37. The number of hydrogen-bond donors (Lipinski definition) is 1. The van der Waals surface area contributed by atoms with E-state index in [4.69, 9.17) is 22.1 Å². The van der Waals surface area contributed by atoms with Crippen LogP contribution in [0.15, 0.2) is 41.6 Å². The van der Waals surface area contributed by atoms with E-state index in [1.165, 1.54) is 12.1 Å². The summed E-state index contributed by atoms with van der Waals surface area (Å²) < 4.78 is 43.0. The number of amides is 1. The van der Waals surface area contributed by atoms with Crippen LogP contribution in [-0.2, 0) is 6.18 Å². The average Bonchev–Trinajstić information content (AvgIpc) is 2.48. The number of benzene rings is 2. The summed E-state index contributed by atoms with van der Waals surface area (Å²) in [4.78, 5) is 21.8. The molecule has 2 rings (SSSR count). The molecular weight excluding hydrogens is 337 g/mol. The van der Waals surface area contributed by atoms with Gasteiger partial charge in [-0.05, 0) is 41.6 Å². The molecule has 9 heteroatoms. The topological polar surface area (TPSA) is 81.8 Å². The van der Waals surface area contributed by atoms with Crippen LogP contribution >= 0.6 is 11.6 Å². The maximum atomic E-state index is 12.6. The van der Waals surface area contributed by atoms with Crippen LogP contribution in [0.4, 0.5) is 18.9 Å². The number of carbonyl (C=O) groups excluding carboxylic acids is 1. The molecule has 0 unspecified atom stereocenters. The Kier molecular flexibility index (Phi) is 4.55. The summed E-state index contributed by atoms with van der Waals surface area (Å²) in [5.74, 6) is -0.890. The number of nitrogens with two attached hydrogens (primary N) is 1. The Hall–Kier alpha value is -2.61. The Labute approximate surface area is 132 Å². The lowest BCUT2D eigenvalue weighted by Crippen LogP contribution is -2.11. The predicted molar refractivity (Wildman–Crippen MR) is 76.9 cm³/mol. The fourth-order valence-corrected chi connectivity index (χ4v) is 1.96.